The zero-order valence-electron chi connectivity index (χ0n) is 18.5. The Morgan fingerprint density at radius 3 is 2.85 bits per heavy atom. The standard InChI is InChI=1S/C27H26N2O4/c1-3-20-8-4-5-9-22(20)23-12-13-28-25-16-21(10-11-24(23)25)33-18(2)27(32)29-14-6-7-19(17-29)15-26(30)31/h1,4-5,8-13,16,18-19H,6-7,14-15,17H2,2H3,(H,30,31)/t18?,19-/m1/s1. The van der Waals surface area contributed by atoms with Crippen molar-refractivity contribution in [1.82, 2.24) is 9.88 Å². The van der Waals surface area contributed by atoms with E-state index in [2.05, 4.69) is 10.9 Å². The lowest BCUT2D eigenvalue weighted by molar-refractivity contribution is -0.143. The Morgan fingerprint density at radius 1 is 1.24 bits per heavy atom. The van der Waals surface area contributed by atoms with Crippen LogP contribution in [0.15, 0.2) is 54.7 Å². The topological polar surface area (TPSA) is 79.7 Å². The van der Waals surface area contributed by atoms with E-state index in [4.69, 9.17) is 16.3 Å². The summed E-state index contributed by atoms with van der Waals surface area (Å²) in [6.07, 6.45) is 8.45. The maximum atomic E-state index is 12.9. The van der Waals surface area contributed by atoms with E-state index >= 15 is 0 Å². The molecule has 2 atom stereocenters. The van der Waals surface area contributed by atoms with Gasteiger partial charge in [-0.3, -0.25) is 14.6 Å². The first-order valence-corrected chi connectivity index (χ1v) is 11.1. The number of aromatic nitrogens is 1. The molecule has 1 aliphatic rings. The first-order valence-electron chi connectivity index (χ1n) is 11.1. The zero-order valence-corrected chi connectivity index (χ0v) is 18.5. The molecular weight excluding hydrogens is 416 g/mol. The highest BCUT2D eigenvalue weighted by Gasteiger charge is 2.29. The molecule has 6 heteroatoms. The number of benzene rings is 2. The number of terminal acetylenes is 1. The summed E-state index contributed by atoms with van der Waals surface area (Å²) in [5.74, 6) is 2.32. The molecule has 0 aliphatic carbocycles. The molecule has 1 saturated heterocycles. The number of ether oxygens (including phenoxy) is 1. The number of rotatable bonds is 6. The van der Waals surface area contributed by atoms with Gasteiger partial charge in [0.2, 0.25) is 0 Å². The summed E-state index contributed by atoms with van der Waals surface area (Å²) in [4.78, 5) is 30.2. The number of carboxylic acid groups (broad SMARTS) is 1. The van der Waals surface area contributed by atoms with Gasteiger partial charge >= 0.3 is 5.97 Å². The van der Waals surface area contributed by atoms with Crippen LogP contribution in [0.25, 0.3) is 22.0 Å². The van der Waals surface area contributed by atoms with E-state index in [1.54, 1.807) is 18.0 Å². The zero-order chi connectivity index (χ0) is 23.4. The summed E-state index contributed by atoms with van der Waals surface area (Å²) in [7, 11) is 0. The average molecular weight is 443 g/mol. The molecule has 0 spiro atoms. The molecule has 0 radical (unpaired) electrons. The number of nitrogens with zero attached hydrogens (tertiary/aromatic N) is 2. The molecule has 33 heavy (non-hydrogen) atoms. The number of pyridine rings is 1. The minimum atomic E-state index is -0.827. The minimum Gasteiger partial charge on any atom is -0.481 e. The van der Waals surface area contributed by atoms with E-state index in [1.165, 1.54) is 0 Å². The number of aliphatic carboxylic acids is 1. The summed E-state index contributed by atoms with van der Waals surface area (Å²) < 4.78 is 5.96. The molecule has 0 saturated carbocycles. The third-order valence-corrected chi connectivity index (χ3v) is 6.04. The molecular formula is C27H26N2O4. The fourth-order valence-electron chi connectivity index (χ4n) is 4.47. The number of likely N-dealkylation sites (tertiary alicyclic amines) is 1. The lowest BCUT2D eigenvalue weighted by Gasteiger charge is -2.33. The van der Waals surface area contributed by atoms with Gasteiger partial charge in [0.1, 0.15) is 5.75 Å². The monoisotopic (exact) mass is 442 g/mol. The number of hydrogen-bond donors (Lipinski definition) is 1. The average Bonchev–Trinajstić information content (AvgIpc) is 2.82. The van der Waals surface area contributed by atoms with E-state index in [9.17, 15) is 9.59 Å². The second kappa shape index (κ2) is 9.74. The van der Waals surface area contributed by atoms with Crippen LogP contribution in [0.3, 0.4) is 0 Å². The number of carbonyl (C=O) groups is 2. The smallest absolute Gasteiger partial charge is 0.303 e. The predicted octanol–water partition coefficient (Wildman–Crippen LogP) is 4.36. The largest absolute Gasteiger partial charge is 0.481 e. The maximum absolute atomic E-state index is 12.9. The first-order chi connectivity index (χ1) is 16.0. The molecule has 2 aromatic carbocycles. The van der Waals surface area contributed by atoms with Crippen molar-refractivity contribution in [3.63, 3.8) is 0 Å². The fourth-order valence-corrected chi connectivity index (χ4v) is 4.47. The van der Waals surface area contributed by atoms with Crippen LogP contribution in [0.5, 0.6) is 5.75 Å². The third kappa shape index (κ3) is 4.98. The van der Waals surface area contributed by atoms with Crippen molar-refractivity contribution in [3.05, 3.63) is 60.3 Å². The normalized spacial score (nSPS) is 16.7. The number of carboxylic acids is 1. The molecule has 6 nitrogen and oxygen atoms in total. The Balaban J connectivity index is 1.52. The number of piperidine rings is 1. The second-order valence-electron chi connectivity index (χ2n) is 8.38. The van der Waals surface area contributed by atoms with Gasteiger partial charge in [0.15, 0.2) is 6.10 Å². The Bertz CT molecular complexity index is 1230. The van der Waals surface area contributed by atoms with Crippen LogP contribution < -0.4 is 4.74 Å². The van der Waals surface area contributed by atoms with Gasteiger partial charge < -0.3 is 14.7 Å². The van der Waals surface area contributed by atoms with E-state index in [0.29, 0.717) is 18.8 Å². The molecule has 3 aromatic rings. The quantitative estimate of drug-likeness (QED) is 0.574. The summed E-state index contributed by atoms with van der Waals surface area (Å²) in [5.41, 5.74) is 3.51. The fraction of sp³-hybridized carbons (Fsp3) is 0.296. The number of carbonyl (C=O) groups excluding carboxylic acids is 1. The molecule has 1 fully saturated rings. The molecule has 0 bridgehead atoms. The van der Waals surface area contributed by atoms with Crippen molar-refractivity contribution in [1.29, 1.82) is 0 Å². The van der Waals surface area contributed by atoms with Crippen LogP contribution in [0.4, 0.5) is 0 Å². The van der Waals surface area contributed by atoms with Crippen molar-refractivity contribution in [2.45, 2.75) is 32.3 Å². The van der Waals surface area contributed by atoms with Crippen molar-refractivity contribution in [2.24, 2.45) is 5.92 Å². The number of fused-ring (bicyclic) bond motifs is 1. The molecule has 1 aromatic heterocycles. The highest BCUT2D eigenvalue weighted by atomic mass is 16.5. The highest BCUT2D eigenvalue weighted by Crippen LogP contribution is 2.32. The molecule has 1 unspecified atom stereocenters. The molecule has 1 amide bonds. The number of hydrogen-bond acceptors (Lipinski definition) is 4. The Morgan fingerprint density at radius 2 is 2.06 bits per heavy atom. The van der Waals surface area contributed by atoms with Gasteiger partial charge in [0.25, 0.3) is 5.91 Å². The number of amides is 1. The Kier molecular flexibility index (Phi) is 6.60. The van der Waals surface area contributed by atoms with E-state index < -0.39 is 12.1 Å². The van der Waals surface area contributed by atoms with Gasteiger partial charge in [-0.25, -0.2) is 0 Å². The molecule has 1 N–H and O–H groups in total. The van der Waals surface area contributed by atoms with Gasteiger partial charge in [-0.2, -0.15) is 0 Å². The first kappa shape index (κ1) is 22.3. The highest BCUT2D eigenvalue weighted by molar-refractivity contribution is 5.96. The van der Waals surface area contributed by atoms with Crippen LogP contribution in [0, 0.1) is 18.3 Å². The van der Waals surface area contributed by atoms with Crippen LogP contribution in [-0.4, -0.2) is 46.1 Å². The summed E-state index contributed by atoms with van der Waals surface area (Å²) in [5, 5.41) is 10.0. The summed E-state index contributed by atoms with van der Waals surface area (Å²) in [6.45, 7) is 2.80. The summed E-state index contributed by atoms with van der Waals surface area (Å²) >= 11 is 0. The summed E-state index contributed by atoms with van der Waals surface area (Å²) in [6, 6.07) is 15.3. The van der Waals surface area contributed by atoms with Crippen molar-refractivity contribution in [2.75, 3.05) is 13.1 Å². The Labute approximate surface area is 193 Å². The van der Waals surface area contributed by atoms with Gasteiger partial charge in [0.05, 0.1) is 5.52 Å². The van der Waals surface area contributed by atoms with Gasteiger partial charge in [-0.15, -0.1) is 6.42 Å². The van der Waals surface area contributed by atoms with Gasteiger partial charge in [0, 0.05) is 42.7 Å². The van der Waals surface area contributed by atoms with Crippen LogP contribution in [0.2, 0.25) is 0 Å². The lowest BCUT2D eigenvalue weighted by Crippen LogP contribution is -2.46. The maximum Gasteiger partial charge on any atom is 0.303 e. The van der Waals surface area contributed by atoms with Crippen molar-refractivity contribution in [3.8, 4) is 29.2 Å². The SMILES string of the molecule is C#Cc1ccccc1-c1ccnc2cc(OC(C)C(=O)N3CCC[C@H](CC(=O)O)C3)ccc12. The molecule has 1 aliphatic heterocycles. The predicted molar refractivity (Wildman–Crippen MR) is 127 cm³/mol. The lowest BCUT2D eigenvalue weighted by atomic mass is 9.94. The molecule has 168 valence electrons. The van der Waals surface area contributed by atoms with Gasteiger partial charge in [-0.05, 0) is 61.1 Å². The van der Waals surface area contributed by atoms with E-state index in [0.717, 1.165) is 40.4 Å². The molecule has 2 heterocycles. The van der Waals surface area contributed by atoms with E-state index in [1.807, 2.05) is 48.5 Å². The molecule has 4 rings (SSSR count). The van der Waals surface area contributed by atoms with E-state index in [-0.39, 0.29) is 18.2 Å². The minimum absolute atomic E-state index is 0.0124. The van der Waals surface area contributed by atoms with Gasteiger partial charge in [-0.1, -0.05) is 24.1 Å². The van der Waals surface area contributed by atoms with Crippen LogP contribution in [0.1, 0.15) is 31.7 Å². The Hall–Kier alpha value is -3.85. The van der Waals surface area contributed by atoms with Crippen molar-refractivity contribution >= 4 is 22.8 Å². The second-order valence-corrected chi connectivity index (χ2v) is 8.38. The third-order valence-electron chi connectivity index (χ3n) is 6.04. The van der Waals surface area contributed by atoms with Crippen molar-refractivity contribution < 1.29 is 19.4 Å². The van der Waals surface area contributed by atoms with Crippen LogP contribution in [-0.2, 0) is 9.59 Å². The van der Waals surface area contributed by atoms with Crippen LogP contribution >= 0.6 is 0 Å².